The first-order valence-corrected chi connectivity index (χ1v) is 13.3. The zero-order valence-corrected chi connectivity index (χ0v) is 20.9. The summed E-state index contributed by atoms with van der Waals surface area (Å²) in [4.78, 5) is 31.4. The summed E-state index contributed by atoms with van der Waals surface area (Å²) in [7, 11) is 0. The fourth-order valence-electron chi connectivity index (χ4n) is 5.53. The summed E-state index contributed by atoms with van der Waals surface area (Å²) in [6.45, 7) is 2.68. The number of pyridine rings is 2. The first-order chi connectivity index (χ1) is 17.4. The van der Waals surface area contributed by atoms with Crippen molar-refractivity contribution in [2.24, 2.45) is 0 Å². The van der Waals surface area contributed by atoms with Crippen molar-refractivity contribution < 1.29 is 14.3 Å². The van der Waals surface area contributed by atoms with Crippen molar-refractivity contribution in [3.8, 4) is 0 Å². The molecule has 3 aliphatic heterocycles. The highest BCUT2D eigenvalue weighted by molar-refractivity contribution is 8.00. The van der Waals surface area contributed by atoms with Crippen LogP contribution < -0.4 is 16.2 Å². The van der Waals surface area contributed by atoms with E-state index in [0.717, 1.165) is 28.0 Å². The molecule has 0 saturated carbocycles. The smallest absolute Gasteiger partial charge is 0.251 e. The van der Waals surface area contributed by atoms with E-state index in [9.17, 15) is 19.1 Å². The minimum absolute atomic E-state index is 0.0347. The van der Waals surface area contributed by atoms with E-state index >= 15 is 0 Å². The Bertz CT molecular complexity index is 1430. The zero-order valence-electron chi connectivity index (χ0n) is 19.3. The number of thioether (sulfide) groups is 1. The van der Waals surface area contributed by atoms with Gasteiger partial charge in [0.25, 0.3) is 5.56 Å². The molecule has 11 heteroatoms. The van der Waals surface area contributed by atoms with Crippen LogP contribution in [0.15, 0.2) is 40.2 Å². The molecule has 188 valence electrons. The van der Waals surface area contributed by atoms with Gasteiger partial charge in [-0.25, -0.2) is 4.39 Å². The van der Waals surface area contributed by atoms with E-state index in [0.29, 0.717) is 42.3 Å². The lowest BCUT2D eigenvalue weighted by Gasteiger charge is -2.37. The zero-order chi connectivity index (χ0) is 25.0. The van der Waals surface area contributed by atoms with Crippen molar-refractivity contribution in [2.45, 2.75) is 42.5 Å². The number of halogens is 2. The predicted molar refractivity (Wildman–Crippen MR) is 137 cm³/mol. The number of likely N-dealkylation sites (tertiary alicyclic amines) is 1. The third-order valence-corrected chi connectivity index (χ3v) is 8.64. The summed E-state index contributed by atoms with van der Waals surface area (Å²) in [5, 5.41) is 17.5. The Kier molecular flexibility index (Phi) is 6.25. The number of benzene rings is 1. The summed E-state index contributed by atoms with van der Waals surface area (Å²) in [6, 6.07) is 6.22. The molecule has 1 fully saturated rings. The van der Waals surface area contributed by atoms with E-state index in [-0.39, 0.29) is 41.5 Å². The number of carbonyl (C=O) groups is 1. The summed E-state index contributed by atoms with van der Waals surface area (Å²) < 4.78 is 16.3. The Labute approximate surface area is 215 Å². The molecule has 3 aromatic rings. The fraction of sp³-hybridized carbons (Fsp3) is 0.400. The molecule has 6 rings (SSSR count). The van der Waals surface area contributed by atoms with Crippen LogP contribution >= 0.6 is 23.4 Å². The number of aliphatic hydroxyl groups is 1. The number of aliphatic hydroxyl groups excluding tert-OH is 1. The molecule has 0 spiro atoms. The number of nitrogens with zero attached hydrogens (tertiary/aromatic N) is 3. The molecule has 3 N–H and O–H groups in total. The second kappa shape index (κ2) is 9.42. The molecule has 3 aliphatic rings. The summed E-state index contributed by atoms with van der Waals surface area (Å²) in [6.07, 6.45) is 1.70. The second-order valence-corrected chi connectivity index (χ2v) is 11.0. The van der Waals surface area contributed by atoms with Crippen LogP contribution in [0.4, 0.5) is 10.1 Å². The molecule has 0 aliphatic carbocycles. The maximum absolute atomic E-state index is 14.6. The largest absolute Gasteiger partial charge is 0.390 e. The average Bonchev–Trinajstić information content (AvgIpc) is 3.24. The van der Waals surface area contributed by atoms with Crippen LogP contribution in [0.1, 0.15) is 23.5 Å². The third kappa shape index (κ3) is 4.31. The topological polar surface area (TPSA) is 99.5 Å². The van der Waals surface area contributed by atoms with Crippen LogP contribution in [0.3, 0.4) is 0 Å². The summed E-state index contributed by atoms with van der Waals surface area (Å²) in [5.74, 6) is -0.0952. The Morgan fingerprint density at radius 2 is 2.14 bits per heavy atom. The fourth-order valence-corrected chi connectivity index (χ4v) is 6.63. The molecule has 2 aromatic heterocycles. The third-order valence-electron chi connectivity index (χ3n) is 7.28. The number of piperidine rings is 1. The number of hydrogen-bond donors (Lipinski definition) is 3. The number of anilines is 1. The summed E-state index contributed by atoms with van der Waals surface area (Å²) >= 11 is 7.83. The maximum Gasteiger partial charge on any atom is 0.251 e. The van der Waals surface area contributed by atoms with Crippen LogP contribution in [0.2, 0.25) is 5.02 Å². The van der Waals surface area contributed by atoms with Gasteiger partial charge in [-0.2, -0.15) is 0 Å². The molecular formula is C25H25ClFN5O3S. The van der Waals surface area contributed by atoms with Crippen molar-refractivity contribution in [1.29, 1.82) is 0 Å². The number of rotatable bonds is 5. The number of amides is 1. The van der Waals surface area contributed by atoms with Gasteiger partial charge in [0.1, 0.15) is 5.82 Å². The van der Waals surface area contributed by atoms with Crippen molar-refractivity contribution in [3.63, 3.8) is 0 Å². The maximum atomic E-state index is 14.6. The predicted octanol–water partition coefficient (Wildman–Crippen LogP) is 2.56. The quantitative estimate of drug-likeness (QED) is 0.467. The van der Waals surface area contributed by atoms with Crippen LogP contribution in [-0.4, -0.2) is 63.0 Å². The van der Waals surface area contributed by atoms with E-state index in [2.05, 4.69) is 20.5 Å². The average molecular weight is 530 g/mol. The highest BCUT2D eigenvalue weighted by atomic mass is 35.5. The summed E-state index contributed by atoms with van der Waals surface area (Å²) in [5.41, 5.74) is 3.53. The van der Waals surface area contributed by atoms with Crippen molar-refractivity contribution in [2.75, 3.05) is 30.7 Å². The molecule has 1 aromatic carbocycles. The van der Waals surface area contributed by atoms with Crippen LogP contribution in [0, 0.1) is 5.82 Å². The molecule has 0 bridgehead atoms. The van der Waals surface area contributed by atoms with Crippen LogP contribution in [0.25, 0.3) is 11.0 Å². The molecular weight excluding hydrogens is 505 g/mol. The Morgan fingerprint density at radius 1 is 1.28 bits per heavy atom. The van der Waals surface area contributed by atoms with Crippen molar-refractivity contribution in [1.82, 2.24) is 19.8 Å². The second-order valence-electron chi connectivity index (χ2n) is 9.61. The SMILES string of the molecule is O=C1CSc2cc(F)c(CN[C@@H]3CCN(CC4Cn5c(=O)ccc6ncc(Cl)c4c65)C[C@H]3O)cc2N1. The lowest BCUT2D eigenvalue weighted by atomic mass is 9.97. The van der Waals surface area contributed by atoms with E-state index in [4.69, 9.17) is 11.6 Å². The van der Waals surface area contributed by atoms with Gasteiger partial charge in [-0.1, -0.05) is 11.6 Å². The molecule has 1 amide bonds. The van der Waals surface area contributed by atoms with E-state index < -0.39 is 6.10 Å². The Hall–Kier alpha value is -2.50. The van der Waals surface area contributed by atoms with Gasteiger partial charge in [0.2, 0.25) is 5.91 Å². The van der Waals surface area contributed by atoms with Gasteiger partial charge in [-0.05, 0) is 31.2 Å². The van der Waals surface area contributed by atoms with Gasteiger partial charge >= 0.3 is 0 Å². The van der Waals surface area contributed by atoms with Crippen molar-refractivity contribution >= 4 is 46.0 Å². The number of carbonyl (C=O) groups excluding carboxylic acids is 1. The minimum Gasteiger partial charge on any atom is -0.390 e. The van der Waals surface area contributed by atoms with Crippen LogP contribution in [0.5, 0.6) is 0 Å². The molecule has 5 heterocycles. The highest BCUT2D eigenvalue weighted by Gasteiger charge is 2.33. The van der Waals surface area contributed by atoms with E-state index in [1.807, 2.05) is 0 Å². The highest BCUT2D eigenvalue weighted by Crippen LogP contribution is 2.37. The number of fused-ring (bicyclic) bond motifs is 1. The Balaban J connectivity index is 1.10. The normalized spacial score (nSPS) is 23.6. The van der Waals surface area contributed by atoms with Gasteiger partial charge in [0, 0.05) is 66.4 Å². The first-order valence-electron chi connectivity index (χ1n) is 11.9. The van der Waals surface area contributed by atoms with E-state index in [1.165, 1.54) is 23.9 Å². The molecule has 3 atom stereocenters. The standard InChI is InChI=1S/C25H25ClFN5O3S/c26-15-8-29-18-1-2-23(35)32-10-14(24(15)25(18)32)9-31-4-3-17(20(33)11-31)28-7-13-5-19-21(6-16(13)27)36-12-22(34)30-19/h1-2,5-6,8,14,17,20,28,33H,3-4,7,9-12H2,(H,30,34)/t14?,17-,20-/m1/s1. The molecule has 1 unspecified atom stereocenters. The minimum atomic E-state index is -0.630. The van der Waals surface area contributed by atoms with Gasteiger partial charge < -0.3 is 20.3 Å². The molecule has 0 radical (unpaired) electrons. The molecule has 1 saturated heterocycles. The lowest BCUT2D eigenvalue weighted by Crippen LogP contribution is -2.53. The molecule has 8 nitrogen and oxygen atoms in total. The van der Waals surface area contributed by atoms with Crippen LogP contribution in [-0.2, 0) is 17.9 Å². The monoisotopic (exact) mass is 529 g/mol. The van der Waals surface area contributed by atoms with Gasteiger partial charge in [0.05, 0.1) is 33.6 Å². The number of nitrogens with one attached hydrogen (secondary N) is 2. The first kappa shape index (κ1) is 23.9. The Morgan fingerprint density at radius 3 is 2.97 bits per heavy atom. The van der Waals surface area contributed by atoms with Gasteiger partial charge in [0.15, 0.2) is 0 Å². The van der Waals surface area contributed by atoms with Crippen molar-refractivity contribution in [3.05, 3.63) is 62.8 Å². The lowest BCUT2D eigenvalue weighted by molar-refractivity contribution is -0.113. The number of aromatic nitrogens is 2. The van der Waals surface area contributed by atoms with E-state index in [1.54, 1.807) is 22.9 Å². The van der Waals surface area contributed by atoms with Gasteiger partial charge in [-0.15, -0.1) is 11.8 Å². The number of β-amino-alcohol motifs (C(OH)–C–C–N with tert-alkyl or cyclic N) is 1. The number of hydrogen-bond acceptors (Lipinski definition) is 7. The molecule has 36 heavy (non-hydrogen) atoms. The van der Waals surface area contributed by atoms with Gasteiger partial charge in [-0.3, -0.25) is 19.5 Å².